The Morgan fingerprint density at radius 3 is 2.55 bits per heavy atom. The molecule has 0 unspecified atom stereocenters. The second kappa shape index (κ2) is 8.75. The van der Waals surface area contributed by atoms with Gasteiger partial charge in [-0.3, -0.25) is 14.6 Å². The Kier molecular flexibility index (Phi) is 5.88. The number of benzene rings is 2. The van der Waals surface area contributed by atoms with Crippen molar-refractivity contribution in [1.82, 2.24) is 14.5 Å². The van der Waals surface area contributed by atoms with Crippen molar-refractivity contribution < 1.29 is 14.3 Å². The van der Waals surface area contributed by atoms with Gasteiger partial charge in [-0.05, 0) is 18.2 Å². The Balaban J connectivity index is 1.81. The quantitative estimate of drug-likeness (QED) is 0.426. The van der Waals surface area contributed by atoms with Gasteiger partial charge in [0.25, 0.3) is 5.91 Å². The number of carbonyl (C=O) groups is 2. The summed E-state index contributed by atoms with van der Waals surface area (Å²) >= 11 is 12.3. The summed E-state index contributed by atoms with van der Waals surface area (Å²) in [6, 6.07) is 10.3. The van der Waals surface area contributed by atoms with E-state index in [-0.39, 0.29) is 22.2 Å². The van der Waals surface area contributed by atoms with Crippen molar-refractivity contribution in [2.75, 3.05) is 5.32 Å². The van der Waals surface area contributed by atoms with E-state index in [4.69, 9.17) is 27.9 Å². The number of esters is 1. The lowest BCUT2D eigenvalue weighted by molar-refractivity contribution is -0.142. The van der Waals surface area contributed by atoms with Gasteiger partial charge < -0.3 is 14.6 Å². The molecule has 2 aromatic carbocycles. The minimum Gasteiger partial charge on any atom is -0.461 e. The van der Waals surface area contributed by atoms with Crippen molar-refractivity contribution >= 4 is 51.7 Å². The minimum atomic E-state index is -0.446. The number of anilines is 1. The summed E-state index contributed by atoms with van der Waals surface area (Å²) in [6.45, 7) is 1.40. The van der Waals surface area contributed by atoms with Crippen molar-refractivity contribution in [2.45, 2.75) is 13.5 Å². The Hall–Kier alpha value is -3.42. The van der Waals surface area contributed by atoms with Gasteiger partial charge in [-0.2, -0.15) is 0 Å². The number of halogens is 2. The monoisotopic (exact) mass is 454 g/mol. The number of rotatable bonds is 5. The number of para-hydroxylation sites is 1. The first kappa shape index (κ1) is 20.8. The van der Waals surface area contributed by atoms with E-state index in [1.807, 2.05) is 6.07 Å². The number of carbonyl (C=O) groups excluding carboxylic acids is 2. The van der Waals surface area contributed by atoms with Gasteiger partial charge in [0.2, 0.25) is 0 Å². The lowest BCUT2D eigenvalue weighted by Crippen LogP contribution is -2.14. The van der Waals surface area contributed by atoms with E-state index in [1.54, 1.807) is 59.8 Å². The summed E-state index contributed by atoms with van der Waals surface area (Å²) in [5.41, 5.74) is 2.66. The van der Waals surface area contributed by atoms with Crippen LogP contribution < -0.4 is 5.32 Å². The number of aromatic nitrogens is 3. The zero-order valence-corrected chi connectivity index (χ0v) is 17.8. The maximum absolute atomic E-state index is 12.9. The summed E-state index contributed by atoms with van der Waals surface area (Å²) in [5.74, 6) is -0.840. The van der Waals surface area contributed by atoms with Crippen LogP contribution in [-0.2, 0) is 16.1 Å². The summed E-state index contributed by atoms with van der Waals surface area (Å²) in [5, 5.41) is 4.09. The van der Waals surface area contributed by atoms with E-state index >= 15 is 0 Å². The van der Waals surface area contributed by atoms with Crippen LogP contribution in [0.4, 0.5) is 5.69 Å². The smallest absolute Gasteiger partial charge is 0.302 e. The lowest BCUT2D eigenvalue weighted by Gasteiger charge is -2.16. The standard InChI is InChI=1S/C22H16Cl2N4O3/c1-13(29)31-11-14-10-26-20-15(21(14)28-9-8-25-12-28)4-2-7-18(20)27-22(30)19-16(23)5-3-6-17(19)24/h2-10,12H,11H2,1H3,(H,27,30). The maximum Gasteiger partial charge on any atom is 0.302 e. The zero-order chi connectivity index (χ0) is 22.0. The third-order valence-corrected chi connectivity index (χ3v) is 5.21. The molecule has 0 aliphatic heterocycles. The molecule has 4 aromatic rings. The van der Waals surface area contributed by atoms with Gasteiger partial charge in [0.05, 0.1) is 38.8 Å². The van der Waals surface area contributed by atoms with E-state index in [9.17, 15) is 9.59 Å². The predicted molar refractivity (Wildman–Crippen MR) is 119 cm³/mol. The number of imidazole rings is 1. The highest BCUT2D eigenvalue weighted by Gasteiger charge is 2.18. The molecule has 7 nitrogen and oxygen atoms in total. The van der Waals surface area contributed by atoms with Gasteiger partial charge in [0.15, 0.2) is 0 Å². The largest absolute Gasteiger partial charge is 0.461 e. The van der Waals surface area contributed by atoms with E-state index < -0.39 is 11.9 Å². The number of ether oxygens (including phenoxy) is 1. The molecular weight excluding hydrogens is 439 g/mol. The van der Waals surface area contributed by atoms with Crippen LogP contribution in [0.25, 0.3) is 16.6 Å². The highest BCUT2D eigenvalue weighted by atomic mass is 35.5. The van der Waals surface area contributed by atoms with E-state index in [0.717, 1.165) is 11.1 Å². The Labute approximate surface area is 187 Å². The summed E-state index contributed by atoms with van der Waals surface area (Å²) in [4.78, 5) is 32.8. The average Bonchev–Trinajstić information content (AvgIpc) is 3.26. The van der Waals surface area contributed by atoms with E-state index in [0.29, 0.717) is 16.8 Å². The molecule has 1 amide bonds. The fourth-order valence-corrected chi connectivity index (χ4v) is 3.80. The van der Waals surface area contributed by atoms with Gasteiger partial charge in [-0.1, -0.05) is 41.4 Å². The van der Waals surface area contributed by atoms with Gasteiger partial charge in [0, 0.05) is 36.5 Å². The molecule has 1 N–H and O–H groups in total. The minimum absolute atomic E-state index is 0.0532. The van der Waals surface area contributed by atoms with Crippen molar-refractivity contribution in [2.24, 2.45) is 0 Å². The van der Waals surface area contributed by atoms with Gasteiger partial charge in [0.1, 0.15) is 6.61 Å². The van der Waals surface area contributed by atoms with Crippen LogP contribution in [0, 0.1) is 0 Å². The summed E-state index contributed by atoms with van der Waals surface area (Å²) in [6.07, 6.45) is 6.67. The van der Waals surface area contributed by atoms with E-state index in [1.165, 1.54) is 6.92 Å². The highest BCUT2D eigenvalue weighted by Crippen LogP contribution is 2.31. The number of nitrogens with zero attached hydrogens (tertiary/aromatic N) is 3. The number of nitrogens with one attached hydrogen (secondary N) is 1. The highest BCUT2D eigenvalue weighted by molar-refractivity contribution is 6.40. The third-order valence-electron chi connectivity index (χ3n) is 4.58. The Morgan fingerprint density at radius 1 is 1.13 bits per heavy atom. The summed E-state index contributed by atoms with van der Waals surface area (Å²) in [7, 11) is 0. The van der Waals surface area contributed by atoms with Crippen LogP contribution in [0.3, 0.4) is 0 Å². The molecule has 4 rings (SSSR count). The molecular formula is C22H16Cl2N4O3. The molecule has 0 aliphatic carbocycles. The number of hydrogen-bond donors (Lipinski definition) is 1. The van der Waals surface area contributed by atoms with Crippen LogP contribution in [0.2, 0.25) is 10.0 Å². The molecule has 2 aromatic heterocycles. The van der Waals surface area contributed by atoms with Crippen LogP contribution in [0.1, 0.15) is 22.8 Å². The van der Waals surface area contributed by atoms with Gasteiger partial charge in [-0.25, -0.2) is 4.98 Å². The molecule has 0 spiro atoms. The molecule has 0 saturated carbocycles. The Morgan fingerprint density at radius 2 is 1.87 bits per heavy atom. The first-order chi connectivity index (χ1) is 15.0. The summed E-state index contributed by atoms with van der Waals surface area (Å²) < 4.78 is 6.99. The van der Waals surface area contributed by atoms with Crippen molar-refractivity contribution in [1.29, 1.82) is 0 Å². The number of pyridine rings is 1. The van der Waals surface area contributed by atoms with Crippen LogP contribution in [-0.4, -0.2) is 26.4 Å². The fraction of sp³-hybridized carbons (Fsp3) is 0.0909. The zero-order valence-electron chi connectivity index (χ0n) is 16.3. The maximum atomic E-state index is 12.9. The first-order valence-corrected chi connectivity index (χ1v) is 9.99. The SMILES string of the molecule is CC(=O)OCc1cnc2c(NC(=O)c3c(Cl)cccc3Cl)cccc2c1-n1ccnc1. The van der Waals surface area contributed by atoms with Gasteiger partial charge >= 0.3 is 5.97 Å². The molecule has 156 valence electrons. The van der Waals surface area contributed by atoms with Crippen molar-refractivity contribution in [3.05, 3.63) is 82.5 Å². The molecule has 31 heavy (non-hydrogen) atoms. The van der Waals surface area contributed by atoms with Gasteiger partial charge in [-0.15, -0.1) is 0 Å². The van der Waals surface area contributed by atoms with Crippen molar-refractivity contribution in [3.63, 3.8) is 0 Å². The first-order valence-electron chi connectivity index (χ1n) is 9.23. The van der Waals surface area contributed by atoms with E-state index in [2.05, 4.69) is 15.3 Å². The average molecular weight is 455 g/mol. The second-order valence-corrected chi connectivity index (χ2v) is 7.45. The molecule has 0 atom stereocenters. The Bertz CT molecular complexity index is 1270. The molecule has 9 heteroatoms. The number of amides is 1. The molecule has 0 saturated heterocycles. The lowest BCUT2D eigenvalue weighted by atomic mass is 10.1. The molecule has 0 bridgehead atoms. The predicted octanol–water partition coefficient (Wildman–Crippen LogP) is 5.04. The fourth-order valence-electron chi connectivity index (χ4n) is 3.23. The third kappa shape index (κ3) is 4.23. The molecule has 2 heterocycles. The normalized spacial score (nSPS) is 10.8. The van der Waals surface area contributed by atoms with Crippen LogP contribution in [0.15, 0.2) is 61.3 Å². The van der Waals surface area contributed by atoms with Crippen LogP contribution >= 0.6 is 23.2 Å². The molecule has 0 aliphatic rings. The molecule has 0 radical (unpaired) electrons. The topological polar surface area (TPSA) is 86.1 Å². The van der Waals surface area contributed by atoms with Crippen LogP contribution in [0.5, 0.6) is 0 Å². The molecule has 0 fully saturated rings. The van der Waals surface area contributed by atoms with Crippen molar-refractivity contribution in [3.8, 4) is 5.69 Å². The number of hydrogen-bond acceptors (Lipinski definition) is 5. The second-order valence-electron chi connectivity index (χ2n) is 6.63. The number of fused-ring (bicyclic) bond motifs is 1.